The van der Waals surface area contributed by atoms with E-state index in [4.69, 9.17) is 25.1 Å². The molecule has 0 aliphatic heterocycles. The van der Waals surface area contributed by atoms with Gasteiger partial charge in [-0.1, -0.05) is 12.1 Å². The predicted octanol–water partition coefficient (Wildman–Crippen LogP) is 0.855. The summed E-state index contributed by atoms with van der Waals surface area (Å²) in [5, 5.41) is 8.48. The van der Waals surface area contributed by atoms with Gasteiger partial charge in [-0.05, 0) is 18.6 Å². The maximum Gasteiger partial charge on any atom is 0.145 e. The molecule has 101 valence electrons. The summed E-state index contributed by atoms with van der Waals surface area (Å²) in [6.45, 7) is 6.02. The van der Waals surface area contributed by atoms with Gasteiger partial charge in [0.25, 0.3) is 0 Å². The van der Waals surface area contributed by atoms with Crippen LogP contribution in [0.2, 0.25) is 0 Å². The zero-order valence-electron chi connectivity index (χ0n) is 10.4. The normalized spacial score (nSPS) is 10.6. The number of nitrogens with two attached hydrogens (primary N) is 1. The number of ether oxygens (including phenoxy) is 3. The molecule has 5 nitrogen and oxygen atoms in total. The van der Waals surface area contributed by atoms with Gasteiger partial charge < -0.3 is 25.1 Å². The van der Waals surface area contributed by atoms with Gasteiger partial charge in [-0.25, -0.2) is 0 Å². The van der Waals surface area contributed by atoms with E-state index >= 15 is 0 Å². The van der Waals surface area contributed by atoms with Gasteiger partial charge in [0.2, 0.25) is 0 Å². The van der Waals surface area contributed by atoms with Crippen molar-refractivity contribution in [2.24, 2.45) is 0 Å². The van der Waals surface area contributed by atoms with Crippen LogP contribution in [0.15, 0.2) is 18.2 Å². The highest BCUT2D eigenvalue weighted by Gasteiger charge is 2.03. The fourth-order valence-electron chi connectivity index (χ4n) is 1.37. The number of para-hydroxylation sites is 1. The van der Waals surface area contributed by atoms with Crippen LogP contribution in [0.25, 0.3) is 0 Å². The Morgan fingerprint density at radius 2 is 1.72 bits per heavy atom. The molecule has 1 radical (unpaired) electrons. The maximum absolute atomic E-state index is 8.48. The molecule has 0 aliphatic carbocycles. The monoisotopic (exact) mass is 254 g/mol. The van der Waals surface area contributed by atoms with E-state index in [1.165, 1.54) is 0 Å². The molecular formula is C13H20NO4. The third kappa shape index (κ3) is 5.35. The van der Waals surface area contributed by atoms with Crippen molar-refractivity contribution in [3.63, 3.8) is 0 Å². The van der Waals surface area contributed by atoms with Crippen LogP contribution in [0, 0.1) is 6.92 Å². The van der Waals surface area contributed by atoms with E-state index < -0.39 is 0 Å². The van der Waals surface area contributed by atoms with E-state index in [0.29, 0.717) is 44.5 Å². The average Bonchev–Trinajstić information content (AvgIpc) is 2.35. The lowest BCUT2D eigenvalue weighted by Gasteiger charge is -2.11. The second-order valence-corrected chi connectivity index (χ2v) is 3.63. The molecule has 1 aromatic rings. The van der Waals surface area contributed by atoms with Crippen molar-refractivity contribution in [2.75, 3.05) is 45.4 Å². The Balaban J connectivity index is 2.11. The zero-order valence-corrected chi connectivity index (χ0v) is 10.4. The lowest BCUT2D eigenvalue weighted by Crippen LogP contribution is -2.12. The van der Waals surface area contributed by atoms with Gasteiger partial charge in [0.05, 0.1) is 38.7 Å². The smallest absolute Gasteiger partial charge is 0.145 e. The molecule has 0 bridgehead atoms. The largest absolute Gasteiger partial charge is 0.489 e. The standard InChI is InChI=1S/C13H20NO4/c1-11-3-2-4-12(14)13(11)18-10-9-17-8-7-16-6-5-15/h2-4,15H,1,5-10,14H2. The molecule has 0 aromatic heterocycles. The highest BCUT2D eigenvalue weighted by atomic mass is 16.5. The van der Waals surface area contributed by atoms with Crippen LogP contribution in [0.4, 0.5) is 5.69 Å². The molecule has 0 saturated heterocycles. The summed E-state index contributed by atoms with van der Waals surface area (Å²) in [6.07, 6.45) is 0. The number of rotatable bonds is 9. The summed E-state index contributed by atoms with van der Waals surface area (Å²) in [5.41, 5.74) is 7.11. The van der Waals surface area contributed by atoms with Crippen LogP contribution in [0.5, 0.6) is 5.75 Å². The third-order valence-electron chi connectivity index (χ3n) is 2.21. The number of hydrogen-bond donors (Lipinski definition) is 2. The van der Waals surface area contributed by atoms with E-state index in [1.807, 2.05) is 12.1 Å². The van der Waals surface area contributed by atoms with Crippen LogP contribution in [-0.4, -0.2) is 44.7 Å². The first-order valence-corrected chi connectivity index (χ1v) is 5.85. The number of hydrogen-bond acceptors (Lipinski definition) is 5. The molecule has 0 saturated carbocycles. The molecule has 5 heteroatoms. The number of nitrogen functional groups attached to an aromatic ring is 1. The van der Waals surface area contributed by atoms with Crippen LogP contribution in [0.3, 0.4) is 0 Å². The maximum atomic E-state index is 8.48. The molecular weight excluding hydrogens is 234 g/mol. The van der Waals surface area contributed by atoms with E-state index in [0.717, 1.165) is 5.56 Å². The topological polar surface area (TPSA) is 73.9 Å². The Kier molecular flexibility index (Phi) is 7.17. The molecule has 18 heavy (non-hydrogen) atoms. The molecule has 0 heterocycles. The van der Waals surface area contributed by atoms with Crippen molar-refractivity contribution >= 4 is 5.69 Å². The van der Waals surface area contributed by atoms with Crippen molar-refractivity contribution in [1.29, 1.82) is 0 Å². The van der Waals surface area contributed by atoms with E-state index in [1.54, 1.807) is 6.07 Å². The first kappa shape index (κ1) is 14.8. The second kappa shape index (κ2) is 8.74. The number of anilines is 1. The van der Waals surface area contributed by atoms with Crippen molar-refractivity contribution in [1.82, 2.24) is 0 Å². The highest BCUT2D eigenvalue weighted by molar-refractivity contribution is 5.57. The quantitative estimate of drug-likeness (QED) is 0.505. The van der Waals surface area contributed by atoms with Gasteiger partial charge in [0, 0.05) is 0 Å². The predicted molar refractivity (Wildman–Crippen MR) is 69.5 cm³/mol. The summed E-state index contributed by atoms with van der Waals surface area (Å²) in [6, 6.07) is 5.45. The molecule has 0 aliphatic rings. The minimum Gasteiger partial charge on any atom is -0.489 e. The van der Waals surface area contributed by atoms with Crippen LogP contribution in [-0.2, 0) is 9.47 Å². The Hall–Kier alpha value is -1.30. The Morgan fingerprint density at radius 3 is 2.39 bits per heavy atom. The van der Waals surface area contributed by atoms with Gasteiger partial charge >= 0.3 is 0 Å². The van der Waals surface area contributed by atoms with Gasteiger partial charge in [-0.3, -0.25) is 0 Å². The Bertz CT molecular complexity index is 324. The van der Waals surface area contributed by atoms with Crippen LogP contribution < -0.4 is 10.5 Å². The molecule has 0 unspecified atom stereocenters. The first-order valence-electron chi connectivity index (χ1n) is 5.85. The summed E-state index contributed by atoms with van der Waals surface area (Å²) in [7, 11) is 0. The van der Waals surface area contributed by atoms with Crippen molar-refractivity contribution in [2.45, 2.75) is 0 Å². The van der Waals surface area contributed by atoms with Gasteiger partial charge in [0.1, 0.15) is 12.4 Å². The lowest BCUT2D eigenvalue weighted by atomic mass is 10.2. The molecule has 0 spiro atoms. The molecule has 0 fully saturated rings. The van der Waals surface area contributed by atoms with E-state index in [-0.39, 0.29) is 6.61 Å². The Labute approximate surface area is 107 Å². The zero-order chi connectivity index (χ0) is 13.2. The first-order chi connectivity index (χ1) is 8.75. The molecule has 3 N–H and O–H groups in total. The number of aliphatic hydroxyl groups excluding tert-OH is 1. The van der Waals surface area contributed by atoms with Crippen molar-refractivity contribution in [3.05, 3.63) is 30.7 Å². The summed E-state index contributed by atoms with van der Waals surface area (Å²) < 4.78 is 15.8. The minimum absolute atomic E-state index is 0.0304. The van der Waals surface area contributed by atoms with Crippen molar-refractivity contribution in [3.8, 4) is 5.75 Å². The molecule has 1 rings (SSSR count). The number of aliphatic hydroxyl groups is 1. The minimum atomic E-state index is 0.0304. The van der Waals surface area contributed by atoms with E-state index in [9.17, 15) is 0 Å². The third-order valence-corrected chi connectivity index (χ3v) is 2.21. The summed E-state index contributed by atoms with van der Waals surface area (Å²) in [4.78, 5) is 0. The second-order valence-electron chi connectivity index (χ2n) is 3.63. The summed E-state index contributed by atoms with van der Waals surface area (Å²) >= 11 is 0. The molecule has 1 aromatic carbocycles. The fraction of sp³-hybridized carbons (Fsp3) is 0.462. The number of benzene rings is 1. The average molecular weight is 254 g/mol. The van der Waals surface area contributed by atoms with Gasteiger partial charge in [0.15, 0.2) is 0 Å². The van der Waals surface area contributed by atoms with Crippen LogP contribution >= 0.6 is 0 Å². The molecule has 0 amide bonds. The molecule has 0 atom stereocenters. The highest BCUT2D eigenvalue weighted by Crippen LogP contribution is 2.24. The van der Waals surface area contributed by atoms with Crippen molar-refractivity contribution < 1.29 is 19.3 Å². The Morgan fingerprint density at radius 1 is 1.06 bits per heavy atom. The SMILES string of the molecule is [CH2]c1cccc(N)c1OCCOCCOCCO. The van der Waals surface area contributed by atoms with Gasteiger partial charge in [-0.15, -0.1) is 0 Å². The van der Waals surface area contributed by atoms with Gasteiger partial charge in [-0.2, -0.15) is 0 Å². The van der Waals surface area contributed by atoms with E-state index in [2.05, 4.69) is 6.92 Å². The fourth-order valence-corrected chi connectivity index (χ4v) is 1.37. The van der Waals surface area contributed by atoms with Crippen LogP contribution in [0.1, 0.15) is 5.56 Å². The lowest BCUT2D eigenvalue weighted by molar-refractivity contribution is 0.0247. The summed E-state index contributed by atoms with van der Waals surface area (Å²) in [5.74, 6) is 0.609.